The summed E-state index contributed by atoms with van der Waals surface area (Å²) in [4.78, 5) is 14.2. The van der Waals surface area contributed by atoms with Crippen molar-refractivity contribution in [2.24, 2.45) is 0 Å². The fraction of sp³-hybridized carbons (Fsp3) is 0.583. The van der Waals surface area contributed by atoms with Crippen LogP contribution < -0.4 is 5.56 Å². The Morgan fingerprint density at radius 2 is 1.79 bits per heavy atom. The lowest BCUT2D eigenvalue weighted by atomic mass is 9.85. The molecule has 1 aromatic heterocycles. The number of hydrogen-bond donors (Lipinski definition) is 1. The summed E-state index contributed by atoms with van der Waals surface area (Å²) in [6.45, 7) is 10.6. The minimum absolute atomic E-state index is 0.0000231. The first-order valence-electron chi connectivity index (χ1n) is 5.06. The number of nitrogens with one attached hydrogen (secondary N) is 1. The fourth-order valence-corrected chi connectivity index (χ4v) is 1.59. The first-order valence-corrected chi connectivity index (χ1v) is 5.06. The van der Waals surface area contributed by atoms with Crippen LogP contribution in [0, 0.1) is 0 Å². The highest BCUT2D eigenvalue weighted by Gasteiger charge is 2.20. The maximum absolute atomic E-state index is 11.3. The van der Waals surface area contributed by atoms with Crippen LogP contribution in [-0.2, 0) is 5.41 Å². The highest BCUT2D eigenvalue weighted by atomic mass is 16.1. The van der Waals surface area contributed by atoms with Gasteiger partial charge in [0.15, 0.2) is 0 Å². The molecule has 0 saturated heterocycles. The Labute approximate surface area is 85.4 Å². The van der Waals surface area contributed by atoms with Gasteiger partial charge in [-0.2, -0.15) is 0 Å². The number of hydrogen-bond acceptors (Lipinski definition) is 1. The summed E-state index contributed by atoms with van der Waals surface area (Å²) >= 11 is 0. The molecule has 0 atom stereocenters. The number of rotatable bonds is 1. The first-order chi connectivity index (χ1) is 6.32. The highest BCUT2D eigenvalue weighted by Crippen LogP contribution is 2.27. The Bertz CT molecular complexity index is 369. The van der Waals surface area contributed by atoms with E-state index in [1.54, 1.807) is 6.07 Å². The van der Waals surface area contributed by atoms with E-state index in [9.17, 15) is 4.79 Å². The van der Waals surface area contributed by atoms with Gasteiger partial charge in [0.2, 0.25) is 5.56 Å². The Hall–Kier alpha value is -1.05. The minimum Gasteiger partial charge on any atom is -0.325 e. The molecule has 2 heteroatoms. The molecule has 1 aromatic rings. The van der Waals surface area contributed by atoms with Crippen molar-refractivity contribution in [3.05, 3.63) is 33.7 Å². The topological polar surface area (TPSA) is 32.9 Å². The van der Waals surface area contributed by atoms with Gasteiger partial charge in [0, 0.05) is 17.2 Å². The molecule has 0 radical (unpaired) electrons. The van der Waals surface area contributed by atoms with Gasteiger partial charge in [-0.15, -0.1) is 0 Å². The maximum atomic E-state index is 11.3. The molecule has 0 aliphatic carbocycles. The van der Waals surface area contributed by atoms with E-state index in [4.69, 9.17) is 0 Å². The van der Waals surface area contributed by atoms with E-state index in [-0.39, 0.29) is 11.0 Å². The molecule has 1 N–H and O–H groups in total. The number of pyridine rings is 1. The van der Waals surface area contributed by atoms with Crippen molar-refractivity contribution in [1.82, 2.24) is 4.98 Å². The molecule has 1 rings (SSSR count). The van der Waals surface area contributed by atoms with Gasteiger partial charge in [-0.25, -0.2) is 0 Å². The van der Waals surface area contributed by atoms with Crippen molar-refractivity contribution in [2.75, 3.05) is 0 Å². The standard InChI is InChI=1S/C12H19NO/c1-8(2)9-6-7-10(14)13-11(9)12(3,4)5/h6-8H,1-5H3,(H,13,14). The summed E-state index contributed by atoms with van der Waals surface area (Å²) in [5.74, 6) is 0.445. The molecule has 0 fully saturated rings. The van der Waals surface area contributed by atoms with Gasteiger partial charge in [-0.1, -0.05) is 40.7 Å². The van der Waals surface area contributed by atoms with Crippen LogP contribution in [0.15, 0.2) is 16.9 Å². The third kappa shape index (κ3) is 2.25. The van der Waals surface area contributed by atoms with Crippen LogP contribution in [0.5, 0.6) is 0 Å². The van der Waals surface area contributed by atoms with Gasteiger partial charge in [0.05, 0.1) is 0 Å². The number of aromatic nitrogens is 1. The average molecular weight is 193 g/mol. The highest BCUT2D eigenvalue weighted by molar-refractivity contribution is 5.28. The summed E-state index contributed by atoms with van der Waals surface area (Å²) in [7, 11) is 0. The van der Waals surface area contributed by atoms with Crippen LogP contribution >= 0.6 is 0 Å². The van der Waals surface area contributed by atoms with Crippen molar-refractivity contribution >= 4 is 0 Å². The molecular weight excluding hydrogens is 174 g/mol. The molecule has 0 aliphatic rings. The molecule has 78 valence electrons. The van der Waals surface area contributed by atoms with E-state index in [0.717, 1.165) is 5.69 Å². The zero-order chi connectivity index (χ0) is 10.9. The van der Waals surface area contributed by atoms with Gasteiger partial charge in [-0.3, -0.25) is 4.79 Å². The van der Waals surface area contributed by atoms with E-state index in [1.807, 2.05) is 6.07 Å². The third-order valence-corrected chi connectivity index (χ3v) is 2.32. The lowest BCUT2D eigenvalue weighted by Gasteiger charge is -2.23. The SMILES string of the molecule is CC(C)c1ccc(=O)[nH]c1C(C)(C)C. The lowest BCUT2D eigenvalue weighted by Crippen LogP contribution is -2.22. The molecule has 1 heterocycles. The molecule has 0 spiro atoms. The smallest absolute Gasteiger partial charge is 0.248 e. The quantitative estimate of drug-likeness (QED) is 0.731. The van der Waals surface area contributed by atoms with Gasteiger partial charge in [-0.05, 0) is 11.5 Å². The summed E-state index contributed by atoms with van der Waals surface area (Å²) in [5, 5.41) is 0. The van der Waals surface area contributed by atoms with Gasteiger partial charge in [0.1, 0.15) is 0 Å². The second-order valence-corrected chi connectivity index (χ2v) is 5.06. The van der Waals surface area contributed by atoms with Crippen LogP contribution in [0.3, 0.4) is 0 Å². The average Bonchev–Trinajstić information content (AvgIpc) is 2.01. The monoisotopic (exact) mass is 193 g/mol. The van der Waals surface area contributed by atoms with Crippen LogP contribution in [0.2, 0.25) is 0 Å². The lowest BCUT2D eigenvalue weighted by molar-refractivity contribution is 0.553. The predicted octanol–water partition coefficient (Wildman–Crippen LogP) is 2.80. The second kappa shape index (κ2) is 3.60. The second-order valence-electron chi connectivity index (χ2n) is 5.06. The van der Waals surface area contributed by atoms with Crippen molar-refractivity contribution < 1.29 is 0 Å². The molecule has 0 saturated carbocycles. The molecule has 0 amide bonds. The van der Waals surface area contributed by atoms with Crippen LogP contribution in [-0.4, -0.2) is 4.98 Å². The van der Waals surface area contributed by atoms with Crippen LogP contribution in [0.1, 0.15) is 51.8 Å². The minimum atomic E-state index is -0.0145. The fourth-order valence-electron chi connectivity index (χ4n) is 1.59. The summed E-state index contributed by atoms with van der Waals surface area (Å²) in [6, 6.07) is 3.54. The molecule has 0 aromatic carbocycles. The molecular formula is C12H19NO. The Morgan fingerprint density at radius 1 is 1.21 bits per heavy atom. The van der Waals surface area contributed by atoms with Crippen molar-refractivity contribution in [3.8, 4) is 0 Å². The molecule has 0 aliphatic heterocycles. The Kier molecular flexibility index (Phi) is 2.84. The molecule has 0 bridgehead atoms. The zero-order valence-electron chi connectivity index (χ0n) is 9.64. The largest absolute Gasteiger partial charge is 0.325 e. The van der Waals surface area contributed by atoms with Crippen molar-refractivity contribution in [3.63, 3.8) is 0 Å². The summed E-state index contributed by atoms with van der Waals surface area (Å²) in [5.41, 5.74) is 2.27. The van der Waals surface area contributed by atoms with E-state index in [2.05, 4.69) is 39.6 Å². The van der Waals surface area contributed by atoms with Crippen molar-refractivity contribution in [2.45, 2.75) is 46.0 Å². The van der Waals surface area contributed by atoms with E-state index >= 15 is 0 Å². The number of H-pyrrole nitrogens is 1. The number of aromatic amines is 1. The van der Waals surface area contributed by atoms with Gasteiger partial charge < -0.3 is 4.98 Å². The predicted molar refractivity (Wildman–Crippen MR) is 59.9 cm³/mol. The molecule has 2 nitrogen and oxygen atoms in total. The van der Waals surface area contributed by atoms with E-state index in [1.165, 1.54) is 5.56 Å². The van der Waals surface area contributed by atoms with E-state index in [0.29, 0.717) is 5.92 Å². The zero-order valence-corrected chi connectivity index (χ0v) is 9.64. The van der Waals surface area contributed by atoms with Gasteiger partial charge in [0.25, 0.3) is 0 Å². The van der Waals surface area contributed by atoms with Crippen LogP contribution in [0.25, 0.3) is 0 Å². The first kappa shape index (κ1) is 11.0. The summed E-state index contributed by atoms with van der Waals surface area (Å²) in [6.07, 6.45) is 0. The normalized spacial score (nSPS) is 12.1. The Morgan fingerprint density at radius 3 is 2.21 bits per heavy atom. The molecule has 0 unspecified atom stereocenters. The Balaban J connectivity index is 3.38. The summed E-state index contributed by atoms with van der Waals surface area (Å²) < 4.78 is 0. The molecule has 14 heavy (non-hydrogen) atoms. The van der Waals surface area contributed by atoms with Crippen LogP contribution in [0.4, 0.5) is 0 Å². The van der Waals surface area contributed by atoms with E-state index < -0.39 is 0 Å². The van der Waals surface area contributed by atoms with Gasteiger partial charge >= 0.3 is 0 Å². The van der Waals surface area contributed by atoms with Crippen molar-refractivity contribution in [1.29, 1.82) is 0 Å². The third-order valence-electron chi connectivity index (χ3n) is 2.32. The maximum Gasteiger partial charge on any atom is 0.248 e.